The van der Waals surface area contributed by atoms with E-state index in [9.17, 15) is 0 Å². The minimum Gasteiger partial charge on any atom is -0.225 e. The van der Waals surface area contributed by atoms with Crippen LogP contribution in [0.1, 0.15) is 66.2 Å². The highest BCUT2D eigenvalue weighted by Gasteiger charge is 2.61. The second-order valence-corrected chi connectivity index (χ2v) is 7.63. The van der Waals surface area contributed by atoms with Gasteiger partial charge in [-0.3, -0.25) is 0 Å². The molecule has 4 nitrogen and oxygen atoms in total. The van der Waals surface area contributed by atoms with Gasteiger partial charge in [-0.1, -0.05) is 40.5 Å². The molecule has 0 aromatic carbocycles. The topological polar surface area (TPSA) is 13.0 Å². The summed E-state index contributed by atoms with van der Waals surface area (Å²) in [4.78, 5) is 0. The molecule has 0 aliphatic carbocycles. The summed E-state index contributed by atoms with van der Waals surface area (Å²) in [5.41, 5.74) is 0.409. The summed E-state index contributed by atoms with van der Waals surface area (Å²) < 4.78 is 0. The van der Waals surface area contributed by atoms with Gasteiger partial charge in [-0.2, -0.15) is 10.2 Å². The maximum absolute atomic E-state index is 2.80. The summed E-state index contributed by atoms with van der Waals surface area (Å²) in [6, 6.07) is 0. The van der Waals surface area contributed by atoms with Crippen LogP contribution in [0.2, 0.25) is 0 Å². The van der Waals surface area contributed by atoms with E-state index >= 15 is 0 Å². The molecule has 0 spiro atoms. The van der Waals surface area contributed by atoms with Crippen molar-refractivity contribution < 1.29 is 0 Å². The monoisotopic (exact) mass is 308 g/mol. The molecule has 0 saturated carbocycles. The third kappa shape index (κ3) is 2.43. The van der Waals surface area contributed by atoms with Crippen molar-refractivity contribution in [1.29, 1.82) is 0 Å². The highest BCUT2D eigenvalue weighted by atomic mass is 16.0. The van der Waals surface area contributed by atoms with Crippen LogP contribution in [-0.2, 0) is 0 Å². The Morgan fingerprint density at radius 3 is 2.32 bits per heavy atom. The largest absolute Gasteiger partial charge is 0.225 e. The Balaban J connectivity index is 1.94. The molecule has 0 aromatic heterocycles. The predicted octanol–water partition coefficient (Wildman–Crippen LogP) is 3.37. The first-order chi connectivity index (χ1) is 10.7. The Hall–Kier alpha value is -0.160. The van der Waals surface area contributed by atoms with Gasteiger partial charge in [-0.15, -0.1) is 0 Å². The molecular weight excluding hydrogens is 272 g/mol. The molecule has 0 amide bonds. The molecule has 22 heavy (non-hydrogen) atoms. The molecular formula is C18H36N4. The van der Waals surface area contributed by atoms with Crippen molar-refractivity contribution in [1.82, 2.24) is 20.3 Å². The summed E-state index contributed by atoms with van der Waals surface area (Å²) >= 11 is 0. The Bertz CT molecular complexity index is 374. The normalized spacial score (nSPS) is 41.5. The van der Waals surface area contributed by atoms with Crippen molar-refractivity contribution in [2.75, 3.05) is 32.7 Å². The zero-order valence-corrected chi connectivity index (χ0v) is 15.2. The molecule has 4 heterocycles. The average molecular weight is 309 g/mol. The fourth-order valence-corrected chi connectivity index (χ4v) is 5.52. The first-order valence-electron chi connectivity index (χ1n) is 9.79. The van der Waals surface area contributed by atoms with Crippen molar-refractivity contribution in [3.63, 3.8) is 0 Å². The highest BCUT2D eigenvalue weighted by molar-refractivity contribution is 5.08. The molecule has 4 heteroatoms. The number of nitrogens with zero attached hydrogens (tertiary/aromatic N) is 4. The van der Waals surface area contributed by atoms with Gasteiger partial charge in [0, 0.05) is 32.7 Å². The van der Waals surface area contributed by atoms with E-state index in [1.54, 1.807) is 0 Å². The molecule has 4 aliphatic rings. The zero-order valence-electron chi connectivity index (χ0n) is 15.2. The van der Waals surface area contributed by atoms with Crippen molar-refractivity contribution in [2.24, 2.45) is 11.8 Å². The smallest absolute Gasteiger partial charge is 0.0543 e. The molecule has 4 saturated heterocycles. The number of hydrogen-bond donors (Lipinski definition) is 0. The van der Waals surface area contributed by atoms with E-state index in [0.717, 1.165) is 11.8 Å². The van der Waals surface area contributed by atoms with Crippen LogP contribution in [-0.4, -0.2) is 58.5 Å². The lowest BCUT2D eigenvalue weighted by Gasteiger charge is -2.72. The molecule has 0 radical (unpaired) electrons. The Kier molecular flexibility index (Phi) is 5.13. The van der Waals surface area contributed by atoms with Crippen LogP contribution >= 0.6 is 0 Å². The fraction of sp³-hybridized carbons (Fsp3) is 1.00. The fourth-order valence-electron chi connectivity index (χ4n) is 5.52. The van der Waals surface area contributed by atoms with Crippen LogP contribution in [0.5, 0.6) is 0 Å². The van der Waals surface area contributed by atoms with Crippen molar-refractivity contribution in [3.8, 4) is 0 Å². The lowest BCUT2D eigenvalue weighted by atomic mass is 9.65. The van der Waals surface area contributed by atoms with Crippen molar-refractivity contribution >= 4 is 0 Å². The van der Waals surface area contributed by atoms with E-state index in [1.807, 2.05) is 0 Å². The molecule has 5 unspecified atom stereocenters. The van der Waals surface area contributed by atoms with Gasteiger partial charge in [0.2, 0.25) is 0 Å². The highest BCUT2D eigenvalue weighted by Crippen LogP contribution is 2.51. The third-order valence-electron chi connectivity index (χ3n) is 6.09. The van der Waals surface area contributed by atoms with Gasteiger partial charge in [0.15, 0.2) is 0 Å². The van der Waals surface area contributed by atoms with Crippen molar-refractivity contribution in [2.45, 2.75) is 71.8 Å². The van der Waals surface area contributed by atoms with E-state index in [-0.39, 0.29) is 0 Å². The van der Waals surface area contributed by atoms with E-state index in [4.69, 9.17) is 0 Å². The Morgan fingerprint density at radius 2 is 1.68 bits per heavy atom. The van der Waals surface area contributed by atoms with Crippen LogP contribution in [0.4, 0.5) is 0 Å². The van der Waals surface area contributed by atoms with Crippen LogP contribution in [0, 0.1) is 11.8 Å². The third-order valence-corrected chi connectivity index (χ3v) is 6.09. The molecule has 4 fully saturated rings. The summed E-state index contributed by atoms with van der Waals surface area (Å²) in [5.74, 6) is 1.78. The maximum atomic E-state index is 2.80. The van der Waals surface area contributed by atoms with Crippen LogP contribution in [0.15, 0.2) is 0 Å². The lowest BCUT2D eigenvalue weighted by Crippen LogP contribution is -2.85. The lowest BCUT2D eigenvalue weighted by molar-refractivity contribution is -0.419. The summed E-state index contributed by atoms with van der Waals surface area (Å²) in [6.45, 7) is 15.6. The van der Waals surface area contributed by atoms with Gasteiger partial charge in [0.25, 0.3) is 0 Å². The van der Waals surface area contributed by atoms with Gasteiger partial charge in [-0.05, 0) is 37.5 Å². The van der Waals surface area contributed by atoms with Crippen LogP contribution in [0.25, 0.3) is 0 Å². The van der Waals surface area contributed by atoms with Crippen LogP contribution in [0.3, 0.4) is 0 Å². The quantitative estimate of drug-likeness (QED) is 0.681. The van der Waals surface area contributed by atoms with E-state index in [0.29, 0.717) is 5.54 Å². The maximum Gasteiger partial charge on any atom is 0.0543 e. The Morgan fingerprint density at radius 1 is 0.909 bits per heavy atom. The number of hydrazine groups is 3. The van der Waals surface area contributed by atoms with E-state index in [2.05, 4.69) is 47.9 Å². The minimum absolute atomic E-state index is 0.409. The van der Waals surface area contributed by atoms with Gasteiger partial charge < -0.3 is 0 Å². The SMILES string of the molecule is CCCC1C2CN3CC1(CCC)N(CCC)N(C2)N3CCC. The summed E-state index contributed by atoms with van der Waals surface area (Å²) in [7, 11) is 0. The molecule has 4 bridgehead atoms. The second kappa shape index (κ2) is 6.76. The molecule has 128 valence electrons. The molecule has 4 rings (SSSR count). The first-order valence-corrected chi connectivity index (χ1v) is 9.79. The molecule has 0 aromatic rings. The number of rotatable bonds is 8. The Labute approximate surface area is 137 Å². The average Bonchev–Trinajstić information content (AvgIpc) is 2.50. The van der Waals surface area contributed by atoms with Gasteiger partial charge >= 0.3 is 0 Å². The van der Waals surface area contributed by atoms with Crippen molar-refractivity contribution in [3.05, 3.63) is 0 Å². The molecule has 5 atom stereocenters. The molecule has 0 N–H and O–H groups in total. The van der Waals surface area contributed by atoms with Gasteiger partial charge in [0.05, 0.1) is 5.54 Å². The first kappa shape index (κ1) is 16.7. The van der Waals surface area contributed by atoms with E-state index < -0.39 is 0 Å². The standard InChI is InChI=1S/C18H36N4/c1-5-9-17-16-13-19-15-18(17,10-6-2)20(11-7-3)22(14-16)21(19)12-8-4/h16-17H,5-15H2,1-4H3. The van der Waals surface area contributed by atoms with Gasteiger partial charge in [0.1, 0.15) is 0 Å². The number of piperidine rings is 1. The zero-order chi connectivity index (χ0) is 15.7. The van der Waals surface area contributed by atoms with Crippen LogP contribution < -0.4 is 0 Å². The number of hydrogen-bond acceptors (Lipinski definition) is 4. The summed E-state index contributed by atoms with van der Waals surface area (Å²) in [5, 5.41) is 10.7. The summed E-state index contributed by atoms with van der Waals surface area (Å²) in [6.07, 6.45) is 7.91. The molecule has 4 aliphatic heterocycles. The predicted molar refractivity (Wildman–Crippen MR) is 91.8 cm³/mol. The van der Waals surface area contributed by atoms with E-state index in [1.165, 1.54) is 71.2 Å². The van der Waals surface area contributed by atoms with Gasteiger partial charge in [-0.25, -0.2) is 10.0 Å². The second-order valence-electron chi connectivity index (χ2n) is 7.63. The minimum atomic E-state index is 0.409.